The summed E-state index contributed by atoms with van der Waals surface area (Å²) < 4.78 is 38.8. The smallest absolute Gasteiger partial charge is 0.307 e. The Bertz CT molecular complexity index is 997. The lowest BCUT2D eigenvalue weighted by Crippen LogP contribution is -2.40. The molecule has 0 fully saturated rings. The van der Waals surface area contributed by atoms with Crippen molar-refractivity contribution < 1.29 is 22.5 Å². The molecule has 6 nitrogen and oxygen atoms in total. The molecule has 1 unspecified atom stereocenters. The third-order valence-electron chi connectivity index (χ3n) is 5.59. The van der Waals surface area contributed by atoms with E-state index in [1.54, 1.807) is 19.1 Å². The van der Waals surface area contributed by atoms with Crippen molar-refractivity contribution in [3.05, 3.63) is 35.9 Å². The second-order valence-electron chi connectivity index (χ2n) is 7.44. The molecular formula is C20H25NO5S. The van der Waals surface area contributed by atoms with Crippen LogP contribution >= 0.6 is 0 Å². The normalized spacial score (nSPS) is 18.6. The van der Waals surface area contributed by atoms with Gasteiger partial charge in [-0.25, -0.2) is 0 Å². The van der Waals surface area contributed by atoms with Gasteiger partial charge in [0, 0.05) is 29.1 Å². The van der Waals surface area contributed by atoms with Crippen LogP contribution in [0.3, 0.4) is 0 Å². The van der Waals surface area contributed by atoms with Gasteiger partial charge in [-0.3, -0.25) is 9.35 Å². The highest BCUT2D eigenvalue weighted by Crippen LogP contribution is 2.49. The second-order valence-corrected chi connectivity index (χ2v) is 8.83. The molecule has 0 bridgehead atoms. The lowest BCUT2D eigenvalue weighted by molar-refractivity contribution is -0.142. The summed E-state index contributed by atoms with van der Waals surface area (Å²) in [7, 11) is -4.39. The number of ether oxygens (including phenoxy) is 1. The molecule has 7 heteroatoms. The van der Waals surface area contributed by atoms with Crippen LogP contribution in [0.25, 0.3) is 10.8 Å². The first-order valence-electron chi connectivity index (χ1n) is 9.05. The number of fused-ring (bicyclic) bond motifs is 3. The fourth-order valence-electron chi connectivity index (χ4n) is 4.01. The van der Waals surface area contributed by atoms with Gasteiger partial charge in [0.05, 0.1) is 13.0 Å². The van der Waals surface area contributed by atoms with Gasteiger partial charge in [0.25, 0.3) is 10.1 Å². The van der Waals surface area contributed by atoms with E-state index in [9.17, 15) is 17.8 Å². The number of anilines is 1. The van der Waals surface area contributed by atoms with Gasteiger partial charge >= 0.3 is 5.97 Å². The van der Waals surface area contributed by atoms with Gasteiger partial charge < -0.3 is 9.64 Å². The van der Waals surface area contributed by atoms with Crippen LogP contribution in [-0.4, -0.2) is 38.1 Å². The standard InChI is InChI=1S/C20H25NO5S/c1-5-26-18(22)10-11-21-13(2)20(3,4)19-15-9-7-6-8-14(15)17(12-16(19)21)27(23,24)25/h6-9,12-13H,5,10-11H2,1-4H3,(H,23,24,25). The SMILES string of the molecule is CCOC(=O)CCN1c2cc(S(=O)(=O)O)c3ccccc3c2C(C)(C)C1C. The first-order valence-corrected chi connectivity index (χ1v) is 10.5. The Hall–Kier alpha value is -2.12. The molecule has 1 aliphatic rings. The van der Waals surface area contributed by atoms with Gasteiger partial charge in [0.2, 0.25) is 0 Å². The predicted molar refractivity (Wildman–Crippen MR) is 105 cm³/mol. The molecule has 1 aliphatic heterocycles. The Morgan fingerprint density at radius 2 is 1.89 bits per heavy atom. The fraction of sp³-hybridized carbons (Fsp3) is 0.450. The number of benzene rings is 2. The zero-order valence-electron chi connectivity index (χ0n) is 16.0. The minimum atomic E-state index is -4.39. The Morgan fingerprint density at radius 3 is 2.48 bits per heavy atom. The van der Waals surface area contributed by atoms with E-state index in [0.29, 0.717) is 18.5 Å². The van der Waals surface area contributed by atoms with Crippen LogP contribution in [0.4, 0.5) is 5.69 Å². The first kappa shape index (κ1) is 19.6. The van der Waals surface area contributed by atoms with E-state index in [4.69, 9.17) is 4.74 Å². The van der Waals surface area contributed by atoms with E-state index >= 15 is 0 Å². The fourth-order valence-corrected chi connectivity index (χ4v) is 4.73. The van der Waals surface area contributed by atoms with Crippen LogP contribution in [0, 0.1) is 0 Å². The van der Waals surface area contributed by atoms with E-state index in [-0.39, 0.29) is 28.7 Å². The topological polar surface area (TPSA) is 83.9 Å². The average molecular weight is 391 g/mol. The maximum absolute atomic E-state index is 12.0. The van der Waals surface area contributed by atoms with Crippen molar-refractivity contribution in [2.75, 3.05) is 18.1 Å². The molecule has 2 aromatic carbocycles. The summed E-state index contributed by atoms with van der Waals surface area (Å²) in [6.07, 6.45) is 0.210. The third kappa shape index (κ3) is 3.30. The minimum Gasteiger partial charge on any atom is -0.466 e. The minimum absolute atomic E-state index is 0.0435. The molecule has 0 radical (unpaired) electrons. The average Bonchev–Trinajstić information content (AvgIpc) is 2.78. The number of rotatable bonds is 5. The highest BCUT2D eigenvalue weighted by Gasteiger charge is 2.44. The van der Waals surface area contributed by atoms with Crippen molar-refractivity contribution >= 4 is 32.5 Å². The van der Waals surface area contributed by atoms with Gasteiger partial charge in [-0.15, -0.1) is 0 Å². The number of carbonyl (C=O) groups excluding carboxylic acids is 1. The molecule has 1 heterocycles. The van der Waals surface area contributed by atoms with Crippen molar-refractivity contribution in [3.8, 4) is 0 Å². The van der Waals surface area contributed by atoms with Gasteiger partial charge in [-0.05, 0) is 30.9 Å². The van der Waals surface area contributed by atoms with E-state index in [0.717, 1.165) is 16.6 Å². The maximum atomic E-state index is 12.0. The summed E-state index contributed by atoms with van der Waals surface area (Å²) in [5.74, 6) is -0.285. The van der Waals surface area contributed by atoms with Crippen LogP contribution in [0.1, 0.15) is 39.7 Å². The van der Waals surface area contributed by atoms with Gasteiger partial charge in [-0.1, -0.05) is 38.1 Å². The van der Waals surface area contributed by atoms with Gasteiger partial charge in [0.15, 0.2) is 0 Å². The zero-order valence-corrected chi connectivity index (χ0v) is 16.8. The van der Waals surface area contributed by atoms with Crippen molar-refractivity contribution in [3.63, 3.8) is 0 Å². The summed E-state index contributed by atoms with van der Waals surface area (Å²) in [6.45, 7) is 8.79. The highest BCUT2D eigenvalue weighted by molar-refractivity contribution is 7.86. The molecule has 0 saturated carbocycles. The van der Waals surface area contributed by atoms with Crippen molar-refractivity contribution in [2.45, 2.75) is 50.5 Å². The molecule has 0 saturated heterocycles. The quantitative estimate of drug-likeness (QED) is 0.620. The summed E-state index contributed by atoms with van der Waals surface area (Å²) in [5.41, 5.74) is 1.51. The molecule has 0 amide bonds. The Balaban J connectivity index is 2.20. The van der Waals surface area contributed by atoms with Crippen LogP contribution in [0.2, 0.25) is 0 Å². The Kier molecular flexibility index (Phi) is 4.94. The molecule has 0 aromatic heterocycles. The molecule has 1 N–H and O–H groups in total. The molecule has 146 valence electrons. The van der Waals surface area contributed by atoms with Crippen LogP contribution < -0.4 is 4.90 Å². The molecule has 2 aromatic rings. The van der Waals surface area contributed by atoms with Crippen LogP contribution in [-0.2, 0) is 25.1 Å². The largest absolute Gasteiger partial charge is 0.466 e. The zero-order chi connectivity index (χ0) is 20.0. The number of carbonyl (C=O) groups is 1. The summed E-state index contributed by atoms with van der Waals surface area (Å²) in [5, 5.41) is 1.31. The summed E-state index contributed by atoms with van der Waals surface area (Å²) in [4.78, 5) is 13.8. The summed E-state index contributed by atoms with van der Waals surface area (Å²) >= 11 is 0. The van der Waals surface area contributed by atoms with Crippen molar-refractivity contribution in [2.24, 2.45) is 0 Å². The van der Waals surface area contributed by atoms with E-state index in [1.807, 2.05) is 17.0 Å². The number of hydrogen-bond donors (Lipinski definition) is 1. The van der Waals surface area contributed by atoms with Crippen LogP contribution in [0.5, 0.6) is 0 Å². The molecule has 3 rings (SSSR count). The third-order valence-corrected chi connectivity index (χ3v) is 6.49. The van der Waals surface area contributed by atoms with E-state index < -0.39 is 10.1 Å². The van der Waals surface area contributed by atoms with Gasteiger partial charge in [-0.2, -0.15) is 8.42 Å². The van der Waals surface area contributed by atoms with Crippen LogP contribution in [0.15, 0.2) is 35.2 Å². The molecule has 1 atom stereocenters. The predicted octanol–water partition coefficient (Wildman–Crippen LogP) is 3.53. The lowest BCUT2D eigenvalue weighted by Gasteiger charge is -2.31. The van der Waals surface area contributed by atoms with Gasteiger partial charge in [0.1, 0.15) is 4.90 Å². The lowest BCUT2D eigenvalue weighted by atomic mass is 9.79. The number of esters is 1. The number of hydrogen-bond acceptors (Lipinski definition) is 5. The monoisotopic (exact) mass is 391 g/mol. The highest BCUT2D eigenvalue weighted by atomic mass is 32.2. The molecule has 27 heavy (non-hydrogen) atoms. The van der Waals surface area contributed by atoms with Crippen molar-refractivity contribution in [1.29, 1.82) is 0 Å². The second kappa shape index (κ2) is 6.80. The Labute approximate surface area is 159 Å². The Morgan fingerprint density at radius 1 is 1.26 bits per heavy atom. The van der Waals surface area contributed by atoms with E-state index in [1.165, 1.54) is 6.07 Å². The summed E-state index contributed by atoms with van der Waals surface area (Å²) in [6, 6.07) is 8.78. The first-order chi connectivity index (χ1) is 12.6. The van der Waals surface area contributed by atoms with Crippen molar-refractivity contribution in [1.82, 2.24) is 0 Å². The molecular weight excluding hydrogens is 366 g/mol. The number of nitrogens with zero attached hydrogens (tertiary/aromatic N) is 1. The van der Waals surface area contributed by atoms with E-state index in [2.05, 4.69) is 20.8 Å². The maximum Gasteiger partial charge on any atom is 0.307 e. The molecule has 0 spiro atoms. The molecule has 0 aliphatic carbocycles.